The molecule has 4 atom stereocenters. The molecule has 2 heterocycles. The zero-order chi connectivity index (χ0) is 26.1. The first-order valence-electron chi connectivity index (χ1n) is 12.2. The number of fused-ring (bicyclic) bond motifs is 4. The van der Waals surface area contributed by atoms with Gasteiger partial charge < -0.3 is 34.6 Å². The standard InChI is InChI=1S/C27H28N2O8/c1-2-19(31)27(34)29(13-15-7-8-21-22(11-15)36-14-35-21)18-12-17(26(33)28-9-10-30)23-16-5-3-4-6-20(16)37-25(23)24(18)32/h3-8,11-12,18,23-25,30,32H,2,9-10,13-14H2,1H3,(H,28,33)/t18-,23+,24+,25+/m1/s1. The maximum atomic E-state index is 13.3. The van der Waals surface area contributed by atoms with Crippen molar-refractivity contribution in [3.05, 3.63) is 65.2 Å². The largest absolute Gasteiger partial charge is 0.486 e. The number of ketones is 1. The van der Waals surface area contributed by atoms with Crippen LogP contribution < -0.4 is 19.5 Å². The summed E-state index contributed by atoms with van der Waals surface area (Å²) < 4.78 is 16.9. The number of nitrogens with zero attached hydrogens (tertiary/aromatic N) is 1. The zero-order valence-electron chi connectivity index (χ0n) is 20.3. The molecule has 0 saturated carbocycles. The number of para-hydroxylation sites is 1. The first-order chi connectivity index (χ1) is 17.9. The van der Waals surface area contributed by atoms with E-state index in [4.69, 9.17) is 14.2 Å². The number of amides is 2. The summed E-state index contributed by atoms with van der Waals surface area (Å²) in [5.41, 5.74) is 1.70. The molecule has 2 aromatic carbocycles. The molecule has 0 bridgehead atoms. The van der Waals surface area contributed by atoms with E-state index in [2.05, 4.69) is 5.32 Å². The second-order valence-corrected chi connectivity index (χ2v) is 9.08. The van der Waals surface area contributed by atoms with Gasteiger partial charge in [0.15, 0.2) is 11.5 Å². The van der Waals surface area contributed by atoms with Crippen LogP contribution in [-0.4, -0.2) is 70.9 Å². The van der Waals surface area contributed by atoms with E-state index in [0.29, 0.717) is 28.4 Å². The van der Waals surface area contributed by atoms with Crippen LogP contribution in [0.3, 0.4) is 0 Å². The number of carbonyl (C=O) groups is 3. The van der Waals surface area contributed by atoms with Crippen LogP contribution in [0.15, 0.2) is 54.1 Å². The SMILES string of the molecule is CCC(=O)C(=O)N(Cc1ccc2c(c1)OCO2)[C@@H]1C=C(C(=O)NCCO)[C@@H]2c3ccccc3O[C@@H]2[C@H]1O. The van der Waals surface area contributed by atoms with Crippen LogP contribution in [0.4, 0.5) is 0 Å². The molecule has 3 N–H and O–H groups in total. The van der Waals surface area contributed by atoms with Gasteiger partial charge in [-0.15, -0.1) is 0 Å². The fraction of sp³-hybridized carbons (Fsp3) is 0.370. The molecule has 3 aliphatic rings. The number of rotatable bonds is 8. The van der Waals surface area contributed by atoms with Crippen molar-refractivity contribution >= 4 is 17.6 Å². The van der Waals surface area contributed by atoms with E-state index in [1.165, 1.54) is 11.0 Å². The Morgan fingerprint density at radius 3 is 2.65 bits per heavy atom. The molecule has 10 nitrogen and oxygen atoms in total. The number of nitrogens with one attached hydrogen (secondary N) is 1. The highest BCUT2D eigenvalue weighted by atomic mass is 16.7. The first-order valence-corrected chi connectivity index (χ1v) is 12.2. The van der Waals surface area contributed by atoms with Gasteiger partial charge in [0.25, 0.3) is 5.91 Å². The smallest absolute Gasteiger partial charge is 0.290 e. The van der Waals surface area contributed by atoms with Gasteiger partial charge in [-0.05, 0) is 29.8 Å². The molecule has 10 heteroatoms. The highest BCUT2D eigenvalue weighted by Crippen LogP contribution is 2.47. The molecule has 5 rings (SSSR count). The second kappa shape index (κ2) is 10.2. The van der Waals surface area contributed by atoms with Crippen molar-refractivity contribution < 1.29 is 38.8 Å². The van der Waals surface area contributed by atoms with Crippen LogP contribution in [-0.2, 0) is 20.9 Å². The summed E-state index contributed by atoms with van der Waals surface area (Å²) in [5, 5.41) is 23.4. The van der Waals surface area contributed by atoms with Gasteiger partial charge in [0.05, 0.1) is 18.6 Å². The van der Waals surface area contributed by atoms with Gasteiger partial charge in [-0.2, -0.15) is 0 Å². The molecule has 194 valence electrons. The number of hydrogen-bond acceptors (Lipinski definition) is 8. The van der Waals surface area contributed by atoms with E-state index < -0.39 is 41.8 Å². The van der Waals surface area contributed by atoms with Gasteiger partial charge in [-0.25, -0.2) is 0 Å². The van der Waals surface area contributed by atoms with Crippen LogP contribution >= 0.6 is 0 Å². The van der Waals surface area contributed by atoms with Crippen molar-refractivity contribution in [1.29, 1.82) is 0 Å². The number of aliphatic hydroxyl groups is 2. The number of ether oxygens (including phenoxy) is 3. The third kappa shape index (κ3) is 4.54. The van der Waals surface area contributed by atoms with E-state index in [0.717, 1.165) is 5.56 Å². The van der Waals surface area contributed by atoms with E-state index in [9.17, 15) is 24.6 Å². The molecule has 0 unspecified atom stereocenters. The van der Waals surface area contributed by atoms with Gasteiger partial charge in [-0.3, -0.25) is 14.4 Å². The lowest BCUT2D eigenvalue weighted by molar-refractivity contribution is -0.148. The molecular formula is C27H28N2O8. The molecule has 0 spiro atoms. The van der Waals surface area contributed by atoms with Crippen molar-refractivity contribution in [1.82, 2.24) is 10.2 Å². The highest BCUT2D eigenvalue weighted by Gasteiger charge is 2.50. The summed E-state index contributed by atoms with van der Waals surface area (Å²) in [7, 11) is 0. The van der Waals surface area contributed by atoms with E-state index >= 15 is 0 Å². The number of hydrogen-bond donors (Lipinski definition) is 3. The molecule has 2 aromatic rings. The van der Waals surface area contributed by atoms with Crippen molar-refractivity contribution in [3.8, 4) is 17.2 Å². The average Bonchev–Trinajstić information content (AvgIpc) is 3.55. The number of carbonyl (C=O) groups excluding carboxylic acids is 3. The number of benzene rings is 2. The Balaban J connectivity index is 1.55. The molecular weight excluding hydrogens is 480 g/mol. The third-order valence-corrected chi connectivity index (χ3v) is 6.85. The van der Waals surface area contributed by atoms with E-state index in [-0.39, 0.29) is 32.9 Å². The molecule has 0 radical (unpaired) electrons. The molecule has 0 saturated heterocycles. The molecule has 0 fully saturated rings. The summed E-state index contributed by atoms with van der Waals surface area (Å²) in [6.07, 6.45) is -0.556. The first kappa shape index (κ1) is 24.8. The van der Waals surface area contributed by atoms with Crippen LogP contribution in [0, 0.1) is 0 Å². The van der Waals surface area contributed by atoms with Gasteiger partial charge in [0, 0.05) is 30.6 Å². The van der Waals surface area contributed by atoms with Gasteiger partial charge in [-0.1, -0.05) is 31.2 Å². The fourth-order valence-electron chi connectivity index (χ4n) is 5.05. The predicted octanol–water partition coefficient (Wildman–Crippen LogP) is 1.05. The maximum Gasteiger partial charge on any atom is 0.290 e. The average molecular weight is 509 g/mol. The summed E-state index contributed by atoms with van der Waals surface area (Å²) >= 11 is 0. The topological polar surface area (TPSA) is 135 Å². The van der Waals surface area contributed by atoms with Gasteiger partial charge >= 0.3 is 0 Å². The van der Waals surface area contributed by atoms with Crippen LogP contribution in [0.2, 0.25) is 0 Å². The van der Waals surface area contributed by atoms with Crippen LogP contribution in [0.25, 0.3) is 0 Å². The predicted molar refractivity (Wildman–Crippen MR) is 130 cm³/mol. The Bertz CT molecular complexity index is 1260. The molecule has 0 aromatic heterocycles. The van der Waals surface area contributed by atoms with Gasteiger partial charge in [0.1, 0.15) is 18.0 Å². The van der Waals surface area contributed by atoms with Crippen molar-refractivity contribution in [2.75, 3.05) is 19.9 Å². The fourth-order valence-corrected chi connectivity index (χ4v) is 5.05. The van der Waals surface area contributed by atoms with E-state index in [1.807, 2.05) is 12.1 Å². The lowest BCUT2D eigenvalue weighted by atomic mass is 9.77. The van der Waals surface area contributed by atoms with E-state index in [1.54, 1.807) is 37.3 Å². The quantitative estimate of drug-likeness (QED) is 0.451. The minimum Gasteiger partial charge on any atom is -0.486 e. The molecule has 37 heavy (non-hydrogen) atoms. The van der Waals surface area contributed by atoms with Crippen LogP contribution in [0.5, 0.6) is 17.2 Å². The van der Waals surface area contributed by atoms with Crippen LogP contribution in [0.1, 0.15) is 30.4 Å². The number of Topliss-reactive ketones (excluding diaryl/α,β-unsaturated/α-hetero) is 1. The summed E-state index contributed by atoms with van der Waals surface area (Å²) in [4.78, 5) is 40.4. The monoisotopic (exact) mass is 508 g/mol. The van der Waals surface area contributed by atoms with Gasteiger partial charge in [0.2, 0.25) is 18.5 Å². The lowest BCUT2D eigenvalue weighted by Crippen LogP contribution is -2.56. The summed E-state index contributed by atoms with van der Waals surface area (Å²) in [5.74, 6) is -0.785. The molecule has 1 aliphatic carbocycles. The minimum absolute atomic E-state index is 0.0131. The molecule has 2 aliphatic heterocycles. The summed E-state index contributed by atoms with van der Waals surface area (Å²) in [6.45, 7) is 1.46. The van der Waals surface area contributed by atoms with Crippen molar-refractivity contribution in [3.63, 3.8) is 0 Å². The third-order valence-electron chi connectivity index (χ3n) is 6.85. The van der Waals surface area contributed by atoms with Crippen molar-refractivity contribution in [2.24, 2.45) is 0 Å². The number of aliphatic hydroxyl groups excluding tert-OH is 2. The Kier molecular flexibility index (Phi) is 6.86. The normalized spacial score (nSPS) is 22.8. The maximum absolute atomic E-state index is 13.3. The lowest BCUT2D eigenvalue weighted by Gasteiger charge is -2.40. The zero-order valence-corrected chi connectivity index (χ0v) is 20.3. The summed E-state index contributed by atoms with van der Waals surface area (Å²) in [6, 6.07) is 11.4. The minimum atomic E-state index is -1.23. The highest BCUT2D eigenvalue weighted by molar-refractivity contribution is 6.36. The Morgan fingerprint density at radius 2 is 1.86 bits per heavy atom. The Hall–Kier alpha value is -3.89. The Labute approximate surface area is 213 Å². The molecule has 2 amide bonds. The Morgan fingerprint density at radius 1 is 1.08 bits per heavy atom. The second-order valence-electron chi connectivity index (χ2n) is 9.08. The van der Waals surface area contributed by atoms with Crippen molar-refractivity contribution in [2.45, 2.75) is 44.1 Å².